The Labute approximate surface area is 187 Å². The van der Waals surface area contributed by atoms with Gasteiger partial charge in [0.1, 0.15) is 5.82 Å². The fourth-order valence-corrected chi connectivity index (χ4v) is 4.07. The predicted octanol–water partition coefficient (Wildman–Crippen LogP) is 6.93. The molecule has 2 aliphatic rings. The largest absolute Gasteiger partial charge is 0.352 e. The van der Waals surface area contributed by atoms with Crippen molar-refractivity contribution in [3.05, 3.63) is 89.8 Å². The summed E-state index contributed by atoms with van der Waals surface area (Å²) in [6, 6.07) is 12.0. The Morgan fingerprint density at radius 1 is 0.969 bits per heavy atom. The van der Waals surface area contributed by atoms with Crippen molar-refractivity contribution in [2.75, 3.05) is 13.2 Å². The molecule has 0 N–H and O–H groups in total. The Bertz CT molecular complexity index is 1020. The molecule has 0 amide bonds. The summed E-state index contributed by atoms with van der Waals surface area (Å²) in [7, 11) is 0. The second kappa shape index (κ2) is 9.88. The predicted molar refractivity (Wildman–Crippen MR) is 121 cm³/mol. The van der Waals surface area contributed by atoms with E-state index in [-0.39, 0.29) is 18.0 Å². The van der Waals surface area contributed by atoms with E-state index in [0.717, 1.165) is 18.4 Å². The Morgan fingerprint density at radius 2 is 1.66 bits per heavy atom. The lowest BCUT2D eigenvalue weighted by atomic mass is 9.89. The monoisotopic (exact) mass is 440 g/mol. The highest BCUT2D eigenvalue weighted by Gasteiger charge is 2.29. The molecule has 1 heterocycles. The van der Waals surface area contributed by atoms with Gasteiger partial charge < -0.3 is 9.47 Å². The summed E-state index contributed by atoms with van der Waals surface area (Å²) < 4.78 is 54.8. The van der Waals surface area contributed by atoms with E-state index in [2.05, 4.69) is 6.58 Å². The average molecular weight is 441 g/mol. The smallest absolute Gasteiger partial charge is 0.161 e. The van der Waals surface area contributed by atoms with Crippen LogP contribution in [-0.4, -0.2) is 31.8 Å². The molecule has 2 nitrogen and oxygen atoms in total. The maximum Gasteiger partial charge on any atom is 0.161 e. The summed E-state index contributed by atoms with van der Waals surface area (Å²) in [5.41, 5.74) is 3.22. The fourth-order valence-electron chi connectivity index (χ4n) is 4.07. The normalized spacial score (nSPS) is 25.8. The minimum Gasteiger partial charge on any atom is -0.352 e. The Hall–Kier alpha value is -2.63. The molecule has 2 atom stereocenters. The van der Waals surface area contributed by atoms with Crippen LogP contribution < -0.4 is 0 Å². The first kappa shape index (κ1) is 22.6. The van der Waals surface area contributed by atoms with Crippen molar-refractivity contribution in [3.63, 3.8) is 0 Å². The summed E-state index contributed by atoms with van der Waals surface area (Å²) >= 11 is 0. The first-order valence-electron chi connectivity index (χ1n) is 10.9. The molecule has 1 aliphatic heterocycles. The Morgan fingerprint density at radius 3 is 2.31 bits per heavy atom. The maximum atomic E-state index is 14.9. The topological polar surface area (TPSA) is 18.5 Å². The third-order valence-corrected chi connectivity index (χ3v) is 6.08. The van der Waals surface area contributed by atoms with Gasteiger partial charge in [-0.3, -0.25) is 0 Å². The number of ether oxygens (including phenoxy) is 2. The van der Waals surface area contributed by atoms with Crippen LogP contribution >= 0.6 is 0 Å². The number of hydrogen-bond donors (Lipinski definition) is 0. The third kappa shape index (κ3) is 4.74. The highest BCUT2D eigenvalue weighted by Crippen LogP contribution is 2.34. The summed E-state index contributed by atoms with van der Waals surface area (Å²) in [6.45, 7) is 6.24. The molecule has 1 fully saturated rings. The minimum absolute atomic E-state index is 0.0224. The van der Waals surface area contributed by atoms with E-state index in [0.29, 0.717) is 41.1 Å². The number of rotatable bonds is 6. The van der Waals surface area contributed by atoms with E-state index < -0.39 is 12.3 Å². The van der Waals surface area contributed by atoms with Crippen molar-refractivity contribution in [1.82, 2.24) is 0 Å². The first-order chi connectivity index (χ1) is 15.5. The van der Waals surface area contributed by atoms with Crippen LogP contribution in [0, 0.1) is 5.82 Å². The van der Waals surface area contributed by atoms with Gasteiger partial charge in [0.2, 0.25) is 0 Å². The lowest BCUT2D eigenvalue weighted by molar-refractivity contribution is -0.189. The highest BCUT2D eigenvalue weighted by atomic mass is 19.2. The molecule has 168 valence electrons. The van der Waals surface area contributed by atoms with Crippen molar-refractivity contribution in [1.29, 1.82) is 0 Å². The van der Waals surface area contributed by atoms with E-state index in [1.54, 1.807) is 49.4 Å². The van der Waals surface area contributed by atoms with E-state index in [9.17, 15) is 13.2 Å². The van der Waals surface area contributed by atoms with Crippen molar-refractivity contribution in [2.24, 2.45) is 0 Å². The highest BCUT2D eigenvalue weighted by molar-refractivity contribution is 5.75. The second-order valence-electron chi connectivity index (χ2n) is 8.31. The molecule has 0 radical (unpaired) electrons. The van der Waals surface area contributed by atoms with Gasteiger partial charge in [0, 0.05) is 17.9 Å². The Kier molecular flexibility index (Phi) is 6.97. The summed E-state index contributed by atoms with van der Waals surface area (Å²) in [5.74, 6) is -0.363. The van der Waals surface area contributed by atoms with Gasteiger partial charge in [-0.1, -0.05) is 54.6 Å². The number of alkyl halides is 2. The quantitative estimate of drug-likeness (QED) is 0.453. The zero-order valence-corrected chi connectivity index (χ0v) is 18.1. The van der Waals surface area contributed by atoms with Gasteiger partial charge in [-0.05, 0) is 47.2 Å². The van der Waals surface area contributed by atoms with Crippen LogP contribution in [-0.2, 0) is 9.47 Å². The van der Waals surface area contributed by atoms with E-state index in [4.69, 9.17) is 9.47 Å². The average Bonchev–Trinajstić information content (AvgIpc) is 2.82. The van der Waals surface area contributed by atoms with Gasteiger partial charge in [-0.15, -0.1) is 6.58 Å². The van der Waals surface area contributed by atoms with Crippen LogP contribution in [0.3, 0.4) is 0 Å². The third-order valence-electron chi connectivity index (χ3n) is 6.08. The summed E-state index contributed by atoms with van der Waals surface area (Å²) in [6.07, 6.45) is 3.06. The van der Waals surface area contributed by atoms with Crippen molar-refractivity contribution >= 4 is 5.57 Å². The Balaban J connectivity index is 1.46. The van der Waals surface area contributed by atoms with Gasteiger partial charge in [0.05, 0.1) is 13.2 Å². The van der Waals surface area contributed by atoms with Crippen LogP contribution in [0.25, 0.3) is 16.7 Å². The zero-order chi connectivity index (χ0) is 22.7. The van der Waals surface area contributed by atoms with Crippen molar-refractivity contribution in [3.8, 4) is 11.1 Å². The van der Waals surface area contributed by atoms with E-state index in [1.807, 2.05) is 12.1 Å². The van der Waals surface area contributed by atoms with Gasteiger partial charge in [-0.25, -0.2) is 13.2 Å². The molecule has 0 aromatic heterocycles. The fraction of sp³-hybridized carbons (Fsp3) is 0.333. The first-order valence-corrected chi connectivity index (χ1v) is 10.9. The lowest BCUT2D eigenvalue weighted by Gasteiger charge is -2.29. The number of halogens is 3. The van der Waals surface area contributed by atoms with Crippen LogP contribution in [0.1, 0.15) is 36.8 Å². The van der Waals surface area contributed by atoms with Gasteiger partial charge in [0.25, 0.3) is 0 Å². The lowest BCUT2D eigenvalue weighted by Crippen LogP contribution is -2.30. The van der Waals surface area contributed by atoms with Gasteiger partial charge in [0.15, 0.2) is 18.6 Å². The molecule has 1 saturated heterocycles. The van der Waals surface area contributed by atoms with Crippen LogP contribution in [0.5, 0.6) is 0 Å². The molecule has 2 unspecified atom stereocenters. The van der Waals surface area contributed by atoms with Crippen LogP contribution in [0.2, 0.25) is 0 Å². The summed E-state index contributed by atoms with van der Waals surface area (Å²) in [5, 5.41) is 0. The molecule has 2 aromatic rings. The second-order valence-corrected chi connectivity index (χ2v) is 8.31. The molecule has 2 aromatic carbocycles. The minimum atomic E-state index is -1.70. The van der Waals surface area contributed by atoms with Gasteiger partial charge in [-0.2, -0.15) is 0 Å². The molecule has 4 rings (SSSR count). The molecule has 0 saturated carbocycles. The number of hydrogen-bond acceptors (Lipinski definition) is 2. The molecular formula is C27H27F3O2. The number of benzene rings is 2. The summed E-state index contributed by atoms with van der Waals surface area (Å²) in [4.78, 5) is 0. The molecular weight excluding hydrogens is 413 g/mol. The van der Waals surface area contributed by atoms with E-state index in [1.165, 1.54) is 6.07 Å². The maximum absolute atomic E-state index is 14.9. The number of allylic oxidation sites excluding steroid dienone is 5. The molecule has 32 heavy (non-hydrogen) atoms. The standard InChI is InChI=1S/C27H27F3O2/c1-3-4-5-25-31-15-21(16-32-25)20-11-13-22(24(28)14-20)18-7-9-19(10-8-18)23-12-6-17(2)26(29)27(23)30/h3,6-14,21,25-27H,1,4-5,15-16H2,2H3. The zero-order valence-electron chi connectivity index (χ0n) is 18.1. The molecule has 5 heteroatoms. The van der Waals surface area contributed by atoms with Crippen molar-refractivity contribution < 1.29 is 22.6 Å². The SMILES string of the molecule is C=CCCC1OCC(c2ccc(-c3ccc(C4=CC=C(C)C(F)C4F)cc3)c(F)c2)CO1. The van der Waals surface area contributed by atoms with Gasteiger partial charge >= 0.3 is 0 Å². The molecule has 1 aliphatic carbocycles. The van der Waals surface area contributed by atoms with E-state index >= 15 is 0 Å². The van der Waals surface area contributed by atoms with Crippen LogP contribution in [0.15, 0.2) is 72.8 Å². The van der Waals surface area contributed by atoms with Crippen LogP contribution in [0.4, 0.5) is 13.2 Å². The molecule has 0 bridgehead atoms. The van der Waals surface area contributed by atoms with Crippen molar-refractivity contribution in [2.45, 2.75) is 44.3 Å². The molecule has 0 spiro atoms.